The standard InChI is InChI=1S/C21H25N5OS/c1-14-6-5-7-16-20(14)24-18(25-21(16)26-10-3-4-11-26)12-22-19(27)9-8-17-15(2)23-13-28-17/h5-7,13H,3-4,8-12H2,1-2H3,(H,22,27). The summed E-state index contributed by atoms with van der Waals surface area (Å²) in [6, 6.07) is 6.22. The number of rotatable bonds is 6. The van der Waals surface area contributed by atoms with Crippen molar-refractivity contribution in [1.29, 1.82) is 0 Å². The predicted octanol–water partition coefficient (Wildman–Crippen LogP) is 3.55. The van der Waals surface area contributed by atoms with Crippen LogP contribution in [0, 0.1) is 13.8 Å². The summed E-state index contributed by atoms with van der Waals surface area (Å²) in [7, 11) is 0. The Morgan fingerprint density at radius 2 is 2.04 bits per heavy atom. The van der Waals surface area contributed by atoms with Crippen molar-refractivity contribution < 1.29 is 4.79 Å². The number of carbonyl (C=O) groups excluding carboxylic acids is 1. The second-order valence-corrected chi connectivity index (χ2v) is 8.21. The number of amides is 1. The first kappa shape index (κ1) is 18.8. The van der Waals surface area contributed by atoms with Gasteiger partial charge >= 0.3 is 0 Å². The molecule has 3 aromatic rings. The van der Waals surface area contributed by atoms with Gasteiger partial charge < -0.3 is 10.2 Å². The van der Waals surface area contributed by atoms with Crippen LogP contribution in [-0.2, 0) is 17.8 Å². The zero-order chi connectivity index (χ0) is 19.5. The number of hydrogen-bond donors (Lipinski definition) is 1. The molecule has 0 atom stereocenters. The summed E-state index contributed by atoms with van der Waals surface area (Å²) in [5.74, 6) is 1.69. The molecular formula is C21H25N5OS. The summed E-state index contributed by atoms with van der Waals surface area (Å²) in [5.41, 5.74) is 4.95. The first-order valence-corrected chi connectivity index (χ1v) is 10.7. The molecule has 0 saturated carbocycles. The maximum atomic E-state index is 12.3. The number of anilines is 1. The predicted molar refractivity (Wildman–Crippen MR) is 113 cm³/mol. The van der Waals surface area contributed by atoms with Crippen LogP contribution in [0.15, 0.2) is 23.7 Å². The summed E-state index contributed by atoms with van der Waals surface area (Å²) in [6.45, 7) is 6.46. The molecule has 1 saturated heterocycles. The number of nitrogens with zero attached hydrogens (tertiary/aromatic N) is 4. The number of carbonyl (C=O) groups is 1. The number of thiazole rings is 1. The van der Waals surface area contributed by atoms with Crippen molar-refractivity contribution in [1.82, 2.24) is 20.3 Å². The van der Waals surface area contributed by atoms with E-state index in [1.165, 1.54) is 17.7 Å². The molecule has 0 unspecified atom stereocenters. The van der Waals surface area contributed by atoms with Crippen molar-refractivity contribution in [3.8, 4) is 0 Å². The zero-order valence-corrected chi connectivity index (χ0v) is 17.2. The minimum atomic E-state index is 0.0176. The van der Waals surface area contributed by atoms with E-state index in [0.29, 0.717) is 18.8 Å². The van der Waals surface area contributed by atoms with Gasteiger partial charge in [0, 0.05) is 29.8 Å². The lowest BCUT2D eigenvalue weighted by atomic mass is 10.1. The van der Waals surface area contributed by atoms with Gasteiger partial charge in [0.2, 0.25) is 5.91 Å². The second-order valence-electron chi connectivity index (χ2n) is 7.27. The molecule has 7 heteroatoms. The quantitative estimate of drug-likeness (QED) is 0.691. The lowest BCUT2D eigenvalue weighted by Gasteiger charge is -2.20. The summed E-state index contributed by atoms with van der Waals surface area (Å²) < 4.78 is 0. The highest BCUT2D eigenvalue weighted by Gasteiger charge is 2.19. The number of para-hydroxylation sites is 1. The van der Waals surface area contributed by atoms with Crippen molar-refractivity contribution >= 4 is 34.0 Å². The van der Waals surface area contributed by atoms with Crippen LogP contribution in [0.1, 0.15) is 41.2 Å². The molecule has 1 N–H and O–H groups in total. The average molecular weight is 396 g/mol. The molecule has 6 nitrogen and oxygen atoms in total. The highest BCUT2D eigenvalue weighted by molar-refractivity contribution is 7.09. The van der Waals surface area contributed by atoms with Crippen LogP contribution in [0.3, 0.4) is 0 Å². The molecule has 0 spiro atoms. The molecule has 4 rings (SSSR count). The lowest BCUT2D eigenvalue weighted by Crippen LogP contribution is -2.25. The fraction of sp³-hybridized carbons (Fsp3) is 0.429. The molecular weight excluding hydrogens is 370 g/mol. The van der Waals surface area contributed by atoms with Crippen LogP contribution in [0.4, 0.5) is 5.82 Å². The van der Waals surface area contributed by atoms with Crippen LogP contribution in [0.2, 0.25) is 0 Å². The van der Waals surface area contributed by atoms with E-state index in [4.69, 9.17) is 9.97 Å². The van der Waals surface area contributed by atoms with Crippen molar-refractivity contribution in [3.05, 3.63) is 45.7 Å². The third kappa shape index (κ3) is 3.99. The zero-order valence-electron chi connectivity index (χ0n) is 16.4. The Balaban J connectivity index is 1.49. The van der Waals surface area contributed by atoms with Crippen molar-refractivity contribution in [3.63, 3.8) is 0 Å². The van der Waals surface area contributed by atoms with Gasteiger partial charge in [0.05, 0.1) is 23.3 Å². The van der Waals surface area contributed by atoms with Gasteiger partial charge in [-0.25, -0.2) is 15.0 Å². The molecule has 1 amide bonds. The molecule has 1 aliphatic heterocycles. The summed E-state index contributed by atoms with van der Waals surface area (Å²) in [4.78, 5) is 29.6. The molecule has 1 aliphatic rings. The third-order valence-corrected chi connectivity index (χ3v) is 6.22. The maximum absolute atomic E-state index is 12.3. The highest BCUT2D eigenvalue weighted by Crippen LogP contribution is 2.28. The van der Waals surface area contributed by atoms with Gasteiger partial charge in [-0.1, -0.05) is 12.1 Å². The smallest absolute Gasteiger partial charge is 0.220 e. The third-order valence-electron chi connectivity index (χ3n) is 5.23. The first-order chi connectivity index (χ1) is 13.6. The number of fused-ring (bicyclic) bond motifs is 1. The normalized spacial score (nSPS) is 14.0. The van der Waals surface area contributed by atoms with Crippen LogP contribution in [0.5, 0.6) is 0 Å². The Hall–Kier alpha value is -2.54. The summed E-state index contributed by atoms with van der Waals surface area (Å²) >= 11 is 1.60. The van der Waals surface area contributed by atoms with E-state index in [1.54, 1.807) is 11.3 Å². The SMILES string of the molecule is Cc1ncsc1CCC(=O)NCc1nc(N2CCCC2)c2cccc(C)c2n1. The van der Waals surface area contributed by atoms with Crippen LogP contribution in [0.25, 0.3) is 10.9 Å². The van der Waals surface area contributed by atoms with E-state index in [-0.39, 0.29) is 5.91 Å². The Kier molecular flexibility index (Phi) is 5.52. The molecule has 0 bridgehead atoms. The van der Waals surface area contributed by atoms with E-state index < -0.39 is 0 Å². The fourth-order valence-electron chi connectivity index (χ4n) is 3.63. The fourth-order valence-corrected chi connectivity index (χ4v) is 4.41. The lowest BCUT2D eigenvalue weighted by molar-refractivity contribution is -0.121. The van der Waals surface area contributed by atoms with E-state index in [1.807, 2.05) is 12.4 Å². The Morgan fingerprint density at radius 1 is 1.21 bits per heavy atom. The van der Waals surface area contributed by atoms with Crippen LogP contribution < -0.4 is 10.2 Å². The van der Waals surface area contributed by atoms with Gasteiger partial charge in [0.1, 0.15) is 5.82 Å². The molecule has 0 aliphatic carbocycles. The van der Waals surface area contributed by atoms with Gasteiger partial charge in [-0.05, 0) is 44.7 Å². The summed E-state index contributed by atoms with van der Waals surface area (Å²) in [5, 5.41) is 4.08. The van der Waals surface area contributed by atoms with E-state index >= 15 is 0 Å². The molecule has 0 radical (unpaired) electrons. The van der Waals surface area contributed by atoms with Gasteiger partial charge in [-0.2, -0.15) is 0 Å². The molecule has 1 aromatic carbocycles. The maximum Gasteiger partial charge on any atom is 0.220 e. The van der Waals surface area contributed by atoms with Crippen LogP contribution >= 0.6 is 11.3 Å². The monoisotopic (exact) mass is 395 g/mol. The Labute approximate surface area is 169 Å². The summed E-state index contributed by atoms with van der Waals surface area (Å²) in [6.07, 6.45) is 3.56. The van der Waals surface area contributed by atoms with Gasteiger partial charge in [0.25, 0.3) is 0 Å². The number of nitrogens with one attached hydrogen (secondary N) is 1. The minimum absolute atomic E-state index is 0.0176. The largest absolute Gasteiger partial charge is 0.356 e. The molecule has 3 heterocycles. The number of hydrogen-bond acceptors (Lipinski definition) is 6. The van der Waals surface area contributed by atoms with Crippen molar-refractivity contribution in [2.45, 2.75) is 46.1 Å². The highest BCUT2D eigenvalue weighted by atomic mass is 32.1. The average Bonchev–Trinajstić information content (AvgIpc) is 3.36. The molecule has 1 fully saturated rings. The van der Waals surface area contributed by atoms with E-state index in [2.05, 4.69) is 40.3 Å². The van der Waals surface area contributed by atoms with Gasteiger partial charge in [0.15, 0.2) is 5.82 Å². The van der Waals surface area contributed by atoms with E-state index in [0.717, 1.165) is 47.5 Å². The van der Waals surface area contributed by atoms with Crippen molar-refractivity contribution in [2.24, 2.45) is 0 Å². The number of aryl methyl sites for hydroxylation is 3. The van der Waals surface area contributed by atoms with E-state index in [9.17, 15) is 4.79 Å². The molecule has 146 valence electrons. The molecule has 28 heavy (non-hydrogen) atoms. The second kappa shape index (κ2) is 8.22. The number of aromatic nitrogens is 3. The topological polar surface area (TPSA) is 71.0 Å². The molecule has 2 aromatic heterocycles. The first-order valence-electron chi connectivity index (χ1n) is 9.78. The van der Waals surface area contributed by atoms with Crippen LogP contribution in [-0.4, -0.2) is 33.9 Å². The van der Waals surface area contributed by atoms with Gasteiger partial charge in [-0.3, -0.25) is 4.79 Å². The van der Waals surface area contributed by atoms with Crippen molar-refractivity contribution in [2.75, 3.05) is 18.0 Å². The Morgan fingerprint density at radius 3 is 2.79 bits per heavy atom. The number of benzene rings is 1. The Bertz CT molecular complexity index is 994. The minimum Gasteiger partial charge on any atom is -0.356 e. The van der Waals surface area contributed by atoms with Gasteiger partial charge in [-0.15, -0.1) is 11.3 Å².